The van der Waals surface area contributed by atoms with E-state index < -0.39 is 10.8 Å². The number of aromatic nitrogens is 1. The van der Waals surface area contributed by atoms with Crippen molar-refractivity contribution in [1.82, 2.24) is 4.98 Å². The maximum absolute atomic E-state index is 13.0. The van der Waals surface area contributed by atoms with Crippen LogP contribution in [0.4, 0.5) is 17.1 Å². The standard InChI is InChI=1S/C27H26N4O4/c1-17-13-22-25(14-18(17)2)35-27(29-22)20-7-6-8-21(15-20)28-26(32)19-9-10-23(24(16-19)31(33)34)30-11-4-3-5-12-30/h6-10,13-16H,3-5,11-12H2,1-2H3,(H,28,32). The summed E-state index contributed by atoms with van der Waals surface area (Å²) in [6.07, 6.45) is 3.15. The van der Waals surface area contributed by atoms with Crippen LogP contribution < -0.4 is 10.2 Å². The van der Waals surface area contributed by atoms with Gasteiger partial charge in [-0.25, -0.2) is 4.98 Å². The van der Waals surface area contributed by atoms with Crippen LogP contribution in [-0.4, -0.2) is 28.9 Å². The molecule has 1 fully saturated rings. The second-order valence-corrected chi connectivity index (χ2v) is 8.97. The van der Waals surface area contributed by atoms with Gasteiger partial charge in [-0.15, -0.1) is 0 Å². The maximum Gasteiger partial charge on any atom is 0.293 e. The lowest BCUT2D eigenvalue weighted by Crippen LogP contribution is -2.30. The van der Waals surface area contributed by atoms with E-state index in [-0.39, 0.29) is 11.3 Å². The summed E-state index contributed by atoms with van der Waals surface area (Å²) in [7, 11) is 0. The van der Waals surface area contributed by atoms with Crippen LogP contribution in [-0.2, 0) is 0 Å². The molecule has 0 spiro atoms. The highest BCUT2D eigenvalue weighted by Gasteiger charge is 2.23. The fourth-order valence-electron chi connectivity index (χ4n) is 4.45. The minimum Gasteiger partial charge on any atom is -0.436 e. The van der Waals surface area contributed by atoms with Gasteiger partial charge >= 0.3 is 0 Å². The van der Waals surface area contributed by atoms with Crippen molar-refractivity contribution >= 4 is 34.1 Å². The van der Waals surface area contributed by atoms with Crippen molar-refractivity contribution in [3.05, 3.63) is 81.4 Å². The molecule has 8 nitrogen and oxygen atoms in total. The van der Waals surface area contributed by atoms with Gasteiger partial charge in [0.15, 0.2) is 5.58 Å². The zero-order valence-electron chi connectivity index (χ0n) is 19.7. The van der Waals surface area contributed by atoms with E-state index in [0.717, 1.165) is 54.6 Å². The number of rotatable bonds is 5. The minimum atomic E-state index is -0.419. The number of oxazole rings is 1. The molecule has 1 aliphatic rings. The minimum absolute atomic E-state index is 0.0506. The number of nitro groups is 1. The van der Waals surface area contributed by atoms with Gasteiger partial charge in [0.05, 0.1) is 4.92 Å². The number of fused-ring (bicyclic) bond motifs is 1. The molecule has 8 heteroatoms. The smallest absolute Gasteiger partial charge is 0.293 e. The Bertz CT molecular complexity index is 1400. The third kappa shape index (κ3) is 4.59. The van der Waals surface area contributed by atoms with Gasteiger partial charge in [-0.05, 0) is 86.7 Å². The topological polar surface area (TPSA) is 102 Å². The number of carbonyl (C=O) groups excluding carboxylic acids is 1. The van der Waals surface area contributed by atoms with Crippen LogP contribution in [0.1, 0.15) is 40.7 Å². The number of anilines is 2. The third-order valence-corrected chi connectivity index (χ3v) is 6.50. The number of hydrogen-bond donors (Lipinski definition) is 1. The lowest BCUT2D eigenvalue weighted by molar-refractivity contribution is -0.384. The van der Waals surface area contributed by atoms with Gasteiger partial charge < -0.3 is 14.6 Å². The number of carbonyl (C=O) groups is 1. The first-order valence-corrected chi connectivity index (χ1v) is 11.7. The fraction of sp³-hybridized carbons (Fsp3) is 0.259. The Morgan fingerprint density at radius 2 is 1.80 bits per heavy atom. The van der Waals surface area contributed by atoms with Crippen LogP contribution >= 0.6 is 0 Å². The lowest BCUT2D eigenvalue weighted by Gasteiger charge is -2.28. The molecule has 1 saturated heterocycles. The predicted molar refractivity (Wildman–Crippen MR) is 136 cm³/mol. The number of nitro benzene ring substituents is 1. The Hall–Kier alpha value is -4.20. The monoisotopic (exact) mass is 470 g/mol. The number of hydrogen-bond acceptors (Lipinski definition) is 6. The van der Waals surface area contributed by atoms with Crippen LogP contribution in [0.2, 0.25) is 0 Å². The van der Waals surface area contributed by atoms with Gasteiger partial charge in [0, 0.05) is 36.0 Å². The molecule has 35 heavy (non-hydrogen) atoms. The molecule has 5 rings (SSSR count). The summed E-state index contributed by atoms with van der Waals surface area (Å²) < 4.78 is 5.94. The first-order valence-electron chi connectivity index (χ1n) is 11.7. The number of benzene rings is 3. The maximum atomic E-state index is 13.0. The van der Waals surface area contributed by atoms with E-state index in [4.69, 9.17) is 4.42 Å². The van der Waals surface area contributed by atoms with E-state index in [9.17, 15) is 14.9 Å². The fourth-order valence-corrected chi connectivity index (χ4v) is 4.45. The molecule has 1 aromatic heterocycles. The van der Waals surface area contributed by atoms with Crippen LogP contribution in [0, 0.1) is 24.0 Å². The third-order valence-electron chi connectivity index (χ3n) is 6.50. The van der Waals surface area contributed by atoms with Crippen LogP contribution in [0.5, 0.6) is 0 Å². The second kappa shape index (κ2) is 9.21. The zero-order valence-corrected chi connectivity index (χ0v) is 19.7. The van der Waals surface area contributed by atoms with E-state index in [1.807, 2.05) is 36.9 Å². The highest BCUT2D eigenvalue weighted by atomic mass is 16.6. The van der Waals surface area contributed by atoms with Crippen LogP contribution in [0.25, 0.3) is 22.6 Å². The largest absolute Gasteiger partial charge is 0.436 e. The van der Waals surface area contributed by atoms with E-state index in [2.05, 4.69) is 10.3 Å². The van der Waals surface area contributed by atoms with E-state index in [1.54, 1.807) is 30.3 Å². The molecule has 0 radical (unpaired) electrons. The van der Waals surface area contributed by atoms with E-state index >= 15 is 0 Å². The molecule has 0 bridgehead atoms. The molecular weight excluding hydrogens is 444 g/mol. The van der Waals surface area contributed by atoms with Gasteiger partial charge in [0.25, 0.3) is 11.6 Å². The molecule has 178 valence electrons. The normalized spacial score (nSPS) is 13.7. The average Bonchev–Trinajstić information content (AvgIpc) is 3.27. The van der Waals surface area contributed by atoms with Crippen molar-refractivity contribution in [2.75, 3.05) is 23.3 Å². The molecule has 1 N–H and O–H groups in total. The molecule has 0 saturated carbocycles. The highest BCUT2D eigenvalue weighted by molar-refractivity contribution is 6.05. The molecular formula is C27H26N4O4. The summed E-state index contributed by atoms with van der Waals surface area (Å²) in [5.74, 6) is 0.0434. The first-order chi connectivity index (χ1) is 16.9. The van der Waals surface area contributed by atoms with Gasteiger partial charge in [-0.3, -0.25) is 14.9 Å². The van der Waals surface area contributed by atoms with Gasteiger partial charge in [0.1, 0.15) is 11.2 Å². The van der Waals surface area contributed by atoms with E-state index in [0.29, 0.717) is 22.8 Å². The first kappa shape index (κ1) is 22.6. The van der Waals surface area contributed by atoms with Crippen molar-refractivity contribution < 1.29 is 14.1 Å². The van der Waals surface area contributed by atoms with Crippen molar-refractivity contribution in [3.63, 3.8) is 0 Å². The van der Waals surface area contributed by atoms with Crippen molar-refractivity contribution in [1.29, 1.82) is 0 Å². The summed E-state index contributed by atoms with van der Waals surface area (Å²) in [6.45, 7) is 5.63. The van der Waals surface area contributed by atoms with Crippen molar-refractivity contribution in [3.8, 4) is 11.5 Å². The number of piperidine rings is 1. The molecule has 0 aliphatic carbocycles. The van der Waals surface area contributed by atoms with Gasteiger partial charge in [0.2, 0.25) is 5.89 Å². The number of amides is 1. The Morgan fingerprint density at radius 1 is 1.03 bits per heavy atom. The molecule has 1 amide bonds. The Kier molecular flexibility index (Phi) is 5.94. The van der Waals surface area contributed by atoms with Gasteiger partial charge in [-0.1, -0.05) is 6.07 Å². The summed E-state index contributed by atoms with van der Waals surface area (Å²) in [4.78, 5) is 30.9. The lowest BCUT2D eigenvalue weighted by atomic mass is 10.1. The quantitative estimate of drug-likeness (QED) is 0.273. The highest BCUT2D eigenvalue weighted by Crippen LogP contribution is 2.32. The SMILES string of the molecule is Cc1cc2nc(-c3cccc(NC(=O)c4ccc(N5CCCCC5)c([N+](=O)[O-])c4)c3)oc2cc1C. The zero-order chi connectivity index (χ0) is 24.5. The molecule has 4 aromatic rings. The molecule has 0 unspecified atom stereocenters. The van der Waals surface area contributed by atoms with Crippen LogP contribution in [0.3, 0.4) is 0 Å². The predicted octanol–water partition coefficient (Wildman–Crippen LogP) is 6.26. The molecule has 0 atom stereocenters. The average molecular weight is 471 g/mol. The van der Waals surface area contributed by atoms with Crippen LogP contribution in [0.15, 0.2) is 59.0 Å². The van der Waals surface area contributed by atoms with E-state index in [1.165, 1.54) is 6.07 Å². The van der Waals surface area contributed by atoms with Crippen molar-refractivity contribution in [2.45, 2.75) is 33.1 Å². The number of nitrogens with zero attached hydrogens (tertiary/aromatic N) is 3. The Morgan fingerprint density at radius 3 is 2.57 bits per heavy atom. The summed E-state index contributed by atoms with van der Waals surface area (Å²) in [6, 6.07) is 15.8. The summed E-state index contributed by atoms with van der Waals surface area (Å²) in [5, 5.41) is 14.6. The number of aryl methyl sites for hydroxylation is 2. The second-order valence-electron chi connectivity index (χ2n) is 8.97. The molecule has 3 aromatic carbocycles. The Balaban J connectivity index is 1.39. The van der Waals surface area contributed by atoms with Gasteiger partial charge in [-0.2, -0.15) is 0 Å². The number of nitrogens with one attached hydrogen (secondary N) is 1. The van der Waals surface area contributed by atoms with Crippen molar-refractivity contribution in [2.24, 2.45) is 0 Å². The molecule has 2 heterocycles. The molecule has 1 aliphatic heterocycles. The Labute approximate surface area is 202 Å². The summed E-state index contributed by atoms with van der Waals surface area (Å²) in [5.41, 5.74) is 5.76. The summed E-state index contributed by atoms with van der Waals surface area (Å²) >= 11 is 0.